The minimum absolute atomic E-state index is 0.101. The fourth-order valence-corrected chi connectivity index (χ4v) is 5.61. The van der Waals surface area contributed by atoms with Crippen molar-refractivity contribution in [3.8, 4) is 11.1 Å². The van der Waals surface area contributed by atoms with E-state index in [1.54, 1.807) is 30.6 Å². The predicted molar refractivity (Wildman–Crippen MR) is 136 cm³/mol. The summed E-state index contributed by atoms with van der Waals surface area (Å²) in [6.07, 6.45) is 5.37. The Hall–Kier alpha value is -3.14. The summed E-state index contributed by atoms with van der Waals surface area (Å²) in [6, 6.07) is 11.9. The molecule has 0 unspecified atom stereocenters. The summed E-state index contributed by atoms with van der Waals surface area (Å²) in [7, 11) is 0.177. The maximum Gasteiger partial charge on any atom is 0.261 e. The number of rotatable bonds is 5. The van der Waals surface area contributed by atoms with Gasteiger partial charge in [0.1, 0.15) is 11.5 Å². The number of sulfonamides is 1. The second kappa shape index (κ2) is 8.90. The number of aryl methyl sites for hydroxylation is 1. The maximum atomic E-state index is 13.1. The molecule has 1 aromatic carbocycles. The van der Waals surface area contributed by atoms with Crippen LogP contribution in [-0.4, -0.2) is 61.1 Å². The van der Waals surface area contributed by atoms with Crippen molar-refractivity contribution >= 4 is 44.2 Å². The maximum absolute atomic E-state index is 13.1. The minimum Gasteiger partial charge on any atom is -0.354 e. The summed E-state index contributed by atoms with van der Waals surface area (Å²) in [5.74, 6) is 0.910. The quantitative estimate of drug-likeness (QED) is 0.452. The Morgan fingerprint density at radius 1 is 0.971 bits per heavy atom. The lowest BCUT2D eigenvalue weighted by Crippen LogP contribution is -2.44. The number of pyridine rings is 2. The molecule has 1 fully saturated rings. The van der Waals surface area contributed by atoms with Gasteiger partial charge in [-0.15, -0.1) is 0 Å². The molecular formula is C24H25ClN6O2S. The number of nitrogens with zero attached hydrogens (tertiary/aromatic N) is 5. The van der Waals surface area contributed by atoms with Crippen molar-refractivity contribution in [2.24, 2.45) is 7.05 Å². The van der Waals surface area contributed by atoms with Crippen LogP contribution in [0, 0.1) is 0 Å². The first-order valence-corrected chi connectivity index (χ1v) is 12.8. The number of hydrogen-bond acceptors (Lipinski definition) is 6. The number of benzene rings is 1. The van der Waals surface area contributed by atoms with E-state index in [0.717, 1.165) is 48.5 Å². The lowest BCUT2D eigenvalue weighted by molar-refractivity contribution is 0.312. The number of likely N-dealkylation sites (N-methyl/N-ethyl adjacent to an activating group) is 1. The molecule has 1 saturated heterocycles. The zero-order chi connectivity index (χ0) is 23.9. The van der Waals surface area contributed by atoms with E-state index in [-0.39, 0.29) is 4.90 Å². The number of anilines is 2. The molecule has 5 rings (SSSR count). The van der Waals surface area contributed by atoms with E-state index >= 15 is 0 Å². The van der Waals surface area contributed by atoms with Gasteiger partial charge in [0.25, 0.3) is 10.0 Å². The molecule has 0 radical (unpaired) electrons. The van der Waals surface area contributed by atoms with E-state index in [0.29, 0.717) is 16.4 Å². The molecule has 10 heteroatoms. The highest BCUT2D eigenvalue weighted by Crippen LogP contribution is 2.36. The highest BCUT2D eigenvalue weighted by atomic mass is 35.5. The molecule has 4 aromatic rings. The SMILES string of the molecule is CN1CCN(c2cc(-c3cn(C)c4nccc(NS(=O)(=O)c5cccc(Cl)c5)c34)ccn2)CC1. The fourth-order valence-electron chi connectivity index (χ4n) is 4.24. The van der Waals surface area contributed by atoms with Gasteiger partial charge in [-0.25, -0.2) is 18.4 Å². The lowest BCUT2D eigenvalue weighted by Gasteiger charge is -2.33. The van der Waals surface area contributed by atoms with Gasteiger partial charge >= 0.3 is 0 Å². The standard InChI is InChI=1S/C24H25ClN6O2S/c1-29-10-12-31(13-11-29)22-14-17(6-8-26-22)20-16-30(2)24-23(20)21(7-9-27-24)28-34(32,33)19-5-3-4-18(25)15-19/h3-9,14-16H,10-13H2,1-2H3,(H,27,28). The first kappa shape index (κ1) is 22.6. The predicted octanol–water partition coefficient (Wildman–Crippen LogP) is 3.84. The first-order valence-electron chi connectivity index (χ1n) is 10.9. The molecule has 0 saturated carbocycles. The largest absolute Gasteiger partial charge is 0.354 e. The van der Waals surface area contributed by atoms with Crippen molar-refractivity contribution in [3.63, 3.8) is 0 Å². The van der Waals surface area contributed by atoms with E-state index < -0.39 is 10.0 Å². The van der Waals surface area contributed by atoms with Gasteiger partial charge in [-0.3, -0.25) is 4.72 Å². The van der Waals surface area contributed by atoms with Crippen molar-refractivity contribution in [2.75, 3.05) is 42.8 Å². The van der Waals surface area contributed by atoms with E-state index in [1.807, 2.05) is 23.9 Å². The van der Waals surface area contributed by atoms with Gasteiger partial charge in [-0.1, -0.05) is 17.7 Å². The molecule has 0 amide bonds. The van der Waals surface area contributed by atoms with Crippen molar-refractivity contribution < 1.29 is 8.42 Å². The Morgan fingerprint density at radius 3 is 2.50 bits per heavy atom. The molecule has 4 heterocycles. The van der Waals surface area contributed by atoms with Crippen molar-refractivity contribution in [1.29, 1.82) is 0 Å². The summed E-state index contributed by atoms with van der Waals surface area (Å²) >= 11 is 6.03. The van der Waals surface area contributed by atoms with E-state index in [9.17, 15) is 8.42 Å². The van der Waals surface area contributed by atoms with Crippen LogP contribution in [0.4, 0.5) is 11.5 Å². The molecule has 0 bridgehead atoms. The van der Waals surface area contributed by atoms with Gasteiger partial charge < -0.3 is 14.4 Å². The molecule has 8 nitrogen and oxygen atoms in total. The Labute approximate surface area is 203 Å². The highest BCUT2D eigenvalue weighted by molar-refractivity contribution is 7.92. The third kappa shape index (κ3) is 4.34. The van der Waals surface area contributed by atoms with Gasteiger partial charge in [-0.05, 0) is 49.0 Å². The number of hydrogen-bond donors (Lipinski definition) is 1. The van der Waals surface area contributed by atoms with Crippen LogP contribution in [0.25, 0.3) is 22.2 Å². The van der Waals surface area contributed by atoms with Crippen molar-refractivity contribution in [1.82, 2.24) is 19.4 Å². The Balaban J connectivity index is 1.57. The topological polar surface area (TPSA) is 83.4 Å². The summed E-state index contributed by atoms with van der Waals surface area (Å²) in [4.78, 5) is 13.8. The average molecular weight is 497 g/mol. The highest BCUT2D eigenvalue weighted by Gasteiger charge is 2.21. The van der Waals surface area contributed by atoms with Crippen LogP contribution in [0.2, 0.25) is 5.02 Å². The fraction of sp³-hybridized carbons (Fsp3) is 0.250. The molecule has 176 valence electrons. The summed E-state index contributed by atoms with van der Waals surface area (Å²) in [5, 5.41) is 1.09. The van der Waals surface area contributed by atoms with E-state index in [1.165, 1.54) is 12.1 Å². The second-order valence-corrected chi connectivity index (χ2v) is 10.6. The lowest BCUT2D eigenvalue weighted by atomic mass is 10.1. The Bertz CT molecular complexity index is 1460. The molecular weight excluding hydrogens is 472 g/mol. The van der Waals surface area contributed by atoms with Crippen LogP contribution in [0.3, 0.4) is 0 Å². The second-order valence-electron chi connectivity index (χ2n) is 8.47. The van der Waals surface area contributed by atoms with Crippen molar-refractivity contribution in [2.45, 2.75) is 4.90 Å². The Kier molecular flexibility index (Phi) is 5.93. The monoisotopic (exact) mass is 496 g/mol. The third-order valence-corrected chi connectivity index (χ3v) is 7.69. The third-order valence-electron chi connectivity index (χ3n) is 6.09. The zero-order valence-corrected chi connectivity index (χ0v) is 20.5. The van der Waals surface area contributed by atoms with E-state index in [4.69, 9.17) is 11.6 Å². The van der Waals surface area contributed by atoms with Crippen LogP contribution < -0.4 is 9.62 Å². The van der Waals surface area contributed by atoms with E-state index in [2.05, 4.69) is 37.6 Å². The van der Waals surface area contributed by atoms with Crippen LogP contribution in [0.5, 0.6) is 0 Å². The first-order chi connectivity index (χ1) is 16.3. The number of nitrogens with one attached hydrogen (secondary N) is 1. The van der Waals surface area contributed by atoms with Crippen molar-refractivity contribution in [3.05, 3.63) is 66.1 Å². The number of fused-ring (bicyclic) bond motifs is 1. The van der Waals surface area contributed by atoms with Crippen LogP contribution in [0.15, 0.2) is 66.0 Å². The molecule has 3 aromatic heterocycles. The summed E-state index contributed by atoms with van der Waals surface area (Å²) in [6.45, 7) is 3.79. The van der Waals surface area contributed by atoms with Crippen LogP contribution >= 0.6 is 11.6 Å². The zero-order valence-electron chi connectivity index (χ0n) is 18.9. The normalized spacial score (nSPS) is 15.1. The number of halogens is 1. The minimum atomic E-state index is -3.84. The molecule has 1 N–H and O–H groups in total. The molecule has 0 spiro atoms. The summed E-state index contributed by atoms with van der Waals surface area (Å²) < 4.78 is 30.9. The van der Waals surface area contributed by atoms with Gasteiger partial charge in [0.15, 0.2) is 0 Å². The number of aromatic nitrogens is 3. The van der Waals surface area contributed by atoms with Gasteiger partial charge in [0.2, 0.25) is 0 Å². The Morgan fingerprint density at radius 2 is 1.74 bits per heavy atom. The molecule has 0 atom stereocenters. The van der Waals surface area contributed by atoms with Gasteiger partial charge in [0.05, 0.1) is 16.0 Å². The van der Waals surface area contributed by atoms with Gasteiger partial charge in [-0.2, -0.15) is 0 Å². The van der Waals surface area contributed by atoms with Gasteiger partial charge in [0, 0.05) is 62.4 Å². The van der Waals surface area contributed by atoms with Crippen LogP contribution in [0.1, 0.15) is 0 Å². The van der Waals surface area contributed by atoms with Crippen LogP contribution in [-0.2, 0) is 17.1 Å². The molecule has 34 heavy (non-hydrogen) atoms. The molecule has 1 aliphatic rings. The average Bonchev–Trinajstić information content (AvgIpc) is 3.17. The summed E-state index contributed by atoms with van der Waals surface area (Å²) in [5.41, 5.74) is 2.97. The smallest absolute Gasteiger partial charge is 0.261 e. The molecule has 0 aliphatic carbocycles. The number of piperazine rings is 1. The molecule has 1 aliphatic heterocycles.